The summed E-state index contributed by atoms with van der Waals surface area (Å²) < 4.78 is 3.41. The predicted octanol–water partition coefficient (Wildman–Crippen LogP) is 1.44. The van der Waals surface area contributed by atoms with Crippen molar-refractivity contribution in [3.63, 3.8) is 0 Å². The smallest absolute Gasteiger partial charge is 0.287 e. The molecule has 3 heterocycles. The molecule has 0 atom stereocenters. The summed E-state index contributed by atoms with van der Waals surface area (Å²) in [4.78, 5) is 24.0. The third-order valence-corrected chi connectivity index (χ3v) is 2.96. The van der Waals surface area contributed by atoms with Crippen LogP contribution in [0.25, 0.3) is 16.9 Å². The maximum absolute atomic E-state index is 12.3. The van der Waals surface area contributed by atoms with E-state index in [1.807, 2.05) is 11.5 Å². The Bertz CT molecular complexity index is 799. The summed E-state index contributed by atoms with van der Waals surface area (Å²) in [6.07, 6.45) is 3.41. The largest absolute Gasteiger partial charge is 0.328 e. The van der Waals surface area contributed by atoms with Crippen molar-refractivity contribution in [3.05, 3.63) is 28.6 Å². The number of rotatable bonds is 0. The van der Waals surface area contributed by atoms with Crippen LogP contribution < -0.4 is 5.56 Å². The first kappa shape index (κ1) is 11.0. The van der Waals surface area contributed by atoms with Crippen molar-refractivity contribution in [1.29, 1.82) is 0 Å². The van der Waals surface area contributed by atoms with E-state index in [1.54, 1.807) is 12.5 Å². The fourth-order valence-electron chi connectivity index (χ4n) is 2.07. The van der Waals surface area contributed by atoms with Gasteiger partial charge in [-0.2, -0.15) is 4.98 Å². The predicted molar refractivity (Wildman–Crippen MR) is 68.8 cm³/mol. The van der Waals surface area contributed by atoms with E-state index in [-0.39, 0.29) is 11.1 Å². The lowest BCUT2D eigenvalue weighted by Crippen LogP contribution is -2.22. The molecule has 3 aromatic rings. The number of nitrogens with zero attached hydrogens (tertiary/aromatic N) is 4. The quantitative estimate of drug-likeness (QED) is 0.651. The molecule has 94 valence electrons. The fourth-order valence-corrected chi connectivity index (χ4v) is 2.07. The number of H-pyrrole nitrogens is 1. The molecule has 0 unspecified atom stereocenters. The van der Waals surface area contributed by atoms with Gasteiger partial charge in [0.2, 0.25) is 5.78 Å². The molecule has 0 aromatic carbocycles. The van der Waals surface area contributed by atoms with Gasteiger partial charge in [-0.15, -0.1) is 0 Å². The monoisotopic (exact) mass is 245 g/mol. The first-order valence-corrected chi connectivity index (χ1v) is 5.83. The summed E-state index contributed by atoms with van der Waals surface area (Å²) in [6, 6.07) is 0. The first-order valence-electron chi connectivity index (χ1n) is 5.83. The van der Waals surface area contributed by atoms with E-state index in [1.165, 1.54) is 4.40 Å². The topological polar surface area (TPSA) is 68.0 Å². The van der Waals surface area contributed by atoms with E-state index in [4.69, 9.17) is 0 Å². The Morgan fingerprint density at radius 1 is 1.33 bits per heavy atom. The number of hydrogen-bond donors (Lipinski definition) is 1. The minimum Gasteiger partial charge on any atom is -0.328 e. The summed E-state index contributed by atoms with van der Waals surface area (Å²) in [5.74, 6) is 0.552. The number of aryl methyl sites for hydroxylation is 1. The highest BCUT2D eigenvalue weighted by Crippen LogP contribution is 2.19. The summed E-state index contributed by atoms with van der Waals surface area (Å²) in [5, 5.41) is 0. The second-order valence-corrected chi connectivity index (χ2v) is 5.51. The van der Waals surface area contributed by atoms with Gasteiger partial charge in [0.1, 0.15) is 0 Å². The van der Waals surface area contributed by atoms with Crippen LogP contribution in [0.4, 0.5) is 0 Å². The van der Waals surface area contributed by atoms with Gasteiger partial charge in [0.05, 0.1) is 6.33 Å². The molecule has 6 nitrogen and oxygen atoms in total. The minimum atomic E-state index is -0.159. The maximum atomic E-state index is 12.3. The minimum absolute atomic E-state index is 0.137. The second kappa shape index (κ2) is 3.22. The van der Waals surface area contributed by atoms with Crippen molar-refractivity contribution in [1.82, 2.24) is 23.9 Å². The Morgan fingerprint density at radius 3 is 2.72 bits per heavy atom. The summed E-state index contributed by atoms with van der Waals surface area (Å²) >= 11 is 0. The zero-order valence-corrected chi connectivity index (χ0v) is 10.9. The van der Waals surface area contributed by atoms with Crippen molar-refractivity contribution < 1.29 is 0 Å². The number of nitrogens with one attached hydrogen (secondary N) is 1. The molecule has 0 spiro atoms. The molecular weight excluding hydrogens is 230 g/mol. The van der Waals surface area contributed by atoms with Crippen LogP contribution in [0.5, 0.6) is 0 Å². The highest BCUT2D eigenvalue weighted by molar-refractivity contribution is 5.72. The molecule has 18 heavy (non-hydrogen) atoms. The Morgan fingerprint density at radius 2 is 2.06 bits per heavy atom. The Hall–Kier alpha value is -2.11. The van der Waals surface area contributed by atoms with Gasteiger partial charge in [0.15, 0.2) is 11.2 Å². The van der Waals surface area contributed by atoms with E-state index < -0.39 is 0 Å². The Balaban J connectivity index is 2.50. The third-order valence-electron chi connectivity index (χ3n) is 2.96. The van der Waals surface area contributed by atoms with Crippen LogP contribution in [0.1, 0.15) is 26.5 Å². The zero-order chi connectivity index (χ0) is 13.1. The highest BCUT2D eigenvalue weighted by atomic mass is 16.1. The van der Waals surface area contributed by atoms with Crippen LogP contribution >= 0.6 is 0 Å². The highest BCUT2D eigenvalue weighted by Gasteiger charge is 2.20. The summed E-state index contributed by atoms with van der Waals surface area (Å²) in [5.41, 5.74) is 1.63. The zero-order valence-electron chi connectivity index (χ0n) is 10.9. The average Bonchev–Trinajstić information content (AvgIpc) is 2.80. The maximum Gasteiger partial charge on any atom is 0.287 e. The van der Waals surface area contributed by atoms with Gasteiger partial charge >= 0.3 is 0 Å². The third kappa shape index (κ3) is 1.38. The van der Waals surface area contributed by atoms with Crippen LogP contribution in [0.3, 0.4) is 0 Å². The average molecular weight is 245 g/mol. The molecule has 3 aromatic heterocycles. The van der Waals surface area contributed by atoms with Gasteiger partial charge in [0.25, 0.3) is 5.56 Å². The van der Waals surface area contributed by atoms with Gasteiger partial charge in [-0.3, -0.25) is 4.79 Å². The standard InChI is InChI=1S/C12H15N5O/c1-7-5-16-10(18)8-9(15-11(16)14-7)17(6-13-8)12(2,3)4/h5-6H,1-4H3,(H,14,15). The molecular formula is C12H15N5O. The summed E-state index contributed by atoms with van der Waals surface area (Å²) in [6.45, 7) is 8.05. The SMILES string of the molecule is Cc1cn2c(=O)c3ncn(C(C)(C)C)c3nc2[nH]1. The van der Waals surface area contributed by atoms with Gasteiger partial charge < -0.3 is 9.55 Å². The van der Waals surface area contributed by atoms with Crippen molar-refractivity contribution in [3.8, 4) is 0 Å². The van der Waals surface area contributed by atoms with Gasteiger partial charge in [0, 0.05) is 17.4 Å². The first-order chi connectivity index (χ1) is 8.38. The normalized spacial score (nSPS) is 12.7. The molecule has 0 saturated heterocycles. The fraction of sp³-hybridized carbons (Fsp3) is 0.417. The van der Waals surface area contributed by atoms with Crippen molar-refractivity contribution in [2.75, 3.05) is 0 Å². The van der Waals surface area contributed by atoms with E-state index >= 15 is 0 Å². The second-order valence-electron chi connectivity index (χ2n) is 5.51. The molecule has 0 radical (unpaired) electrons. The number of aromatic amines is 1. The van der Waals surface area contributed by atoms with Crippen LogP contribution in [0.2, 0.25) is 0 Å². The molecule has 0 saturated carbocycles. The molecule has 0 aliphatic rings. The van der Waals surface area contributed by atoms with Gasteiger partial charge in [-0.05, 0) is 27.7 Å². The number of imidazole rings is 2. The van der Waals surface area contributed by atoms with Crippen LogP contribution in [0, 0.1) is 6.92 Å². The van der Waals surface area contributed by atoms with Crippen molar-refractivity contribution in [2.45, 2.75) is 33.2 Å². The van der Waals surface area contributed by atoms with Crippen molar-refractivity contribution in [2.24, 2.45) is 0 Å². The number of aromatic nitrogens is 5. The molecule has 1 N–H and O–H groups in total. The lowest BCUT2D eigenvalue weighted by atomic mass is 10.1. The summed E-state index contributed by atoms with van der Waals surface area (Å²) in [7, 11) is 0. The molecule has 3 rings (SSSR count). The molecule has 0 fully saturated rings. The number of fused-ring (bicyclic) bond motifs is 2. The molecule has 6 heteroatoms. The van der Waals surface area contributed by atoms with Crippen molar-refractivity contribution >= 4 is 16.9 Å². The van der Waals surface area contributed by atoms with Crippen LogP contribution in [-0.4, -0.2) is 23.9 Å². The van der Waals surface area contributed by atoms with E-state index in [2.05, 4.69) is 35.7 Å². The van der Waals surface area contributed by atoms with E-state index in [9.17, 15) is 4.79 Å². The lowest BCUT2D eigenvalue weighted by molar-refractivity contribution is 0.406. The molecule has 0 aliphatic carbocycles. The molecule has 0 bridgehead atoms. The molecule has 0 amide bonds. The van der Waals surface area contributed by atoms with E-state index in [0.717, 1.165) is 5.69 Å². The lowest BCUT2D eigenvalue weighted by Gasteiger charge is -2.20. The van der Waals surface area contributed by atoms with Gasteiger partial charge in [-0.25, -0.2) is 9.38 Å². The number of hydrogen-bond acceptors (Lipinski definition) is 3. The Kier molecular flexibility index (Phi) is 1.97. The Labute approximate surface area is 103 Å². The van der Waals surface area contributed by atoms with Crippen LogP contribution in [-0.2, 0) is 5.54 Å². The molecule has 0 aliphatic heterocycles. The van der Waals surface area contributed by atoms with E-state index in [0.29, 0.717) is 16.9 Å². The van der Waals surface area contributed by atoms with Gasteiger partial charge in [-0.1, -0.05) is 0 Å². The van der Waals surface area contributed by atoms with Crippen LogP contribution in [0.15, 0.2) is 17.3 Å².